The fourth-order valence-electron chi connectivity index (χ4n) is 1.23. The van der Waals surface area contributed by atoms with Gasteiger partial charge in [0, 0.05) is 18.8 Å². The molecule has 0 aliphatic carbocycles. The molecule has 0 bridgehead atoms. The number of carbonyl (C=O) groups is 1. The zero-order valence-corrected chi connectivity index (χ0v) is 10.1. The van der Waals surface area contributed by atoms with Crippen LogP contribution in [0.3, 0.4) is 0 Å². The summed E-state index contributed by atoms with van der Waals surface area (Å²) in [7, 11) is 0. The Kier molecular flexibility index (Phi) is 7.55. The van der Waals surface area contributed by atoms with Crippen molar-refractivity contribution in [1.29, 1.82) is 0 Å². The van der Waals surface area contributed by atoms with Crippen LogP contribution >= 0.6 is 11.6 Å². The summed E-state index contributed by atoms with van der Waals surface area (Å²) in [4.78, 5) is 12.3. The molecule has 2 nitrogen and oxygen atoms in total. The third kappa shape index (κ3) is 7.79. The summed E-state index contributed by atoms with van der Waals surface area (Å²) in [5.41, 5.74) is 0. The van der Waals surface area contributed by atoms with Crippen LogP contribution < -0.4 is 0 Å². The van der Waals surface area contributed by atoms with Gasteiger partial charge in [0.1, 0.15) is 6.54 Å². The molecule has 0 aromatic carbocycles. The van der Waals surface area contributed by atoms with E-state index in [-0.39, 0.29) is 13.0 Å². The molecule has 0 radical (unpaired) electrons. The van der Waals surface area contributed by atoms with E-state index in [1.54, 1.807) is 0 Å². The molecule has 0 aliphatic heterocycles. The van der Waals surface area contributed by atoms with Crippen molar-refractivity contribution in [2.24, 2.45) is 0 Å². The molecule has 1 amide bonds. The van der Waals surface area contributed by atoms with E-state index in [1.165, 1.54) is 0 Å². The lowest BCUT2D eigenvalue weighted by Gasteiger charge is -2.23. The Labute approximate surface area is 98.7 Å². The van der Waals surface area contributed by atoms with Gasteiger partial charge < -0.3 is 4.90 Å². The van der Waals surface area contributed by atoms with Crippen LogP contribution in [0.15, 0.2) is 0 Å². The van der Waals surface area contributed by atoms with E-state index in [0.717, 1.165) is 11.3 Å². The first-order chi connectivity index (χ1) is 7.40. The fraction of sp³-hybridized carbons (Fsp3) is 0.900. The van der Waals surface area contributed by atoms with Crippen molar-refractivity contribution in [1.82, 2.24) is 4.90 Å². The maximum absolute atomic E-state index is 12.2. The second-order valence-corrected chi connectivity index (χ2v) is 3.95. The minimum Gasteiger partial charge on any atom is -0.334 e. The predicted molar refractivity (Wildman–Crippen MR) is 57.5 cm³/mol. The van der Waals surface area contributed by atoms with Gasteiger partial charge in [0.15, 0.2) is 0 Å². The van der Waals surface area contributed by atoms with Gasteiger partial charge in [-0.25, -0.2) is 0 Å². The van der Waals surface area contributed by atoms with Crippen molar-refractivity contribution in [2.75, 3.05) is 19.0 Å². The molecule has 6 heteroatoms. The number of alkyl halides is 4. The minimum atomic E-state index is -4.33. The molecule has 96 valence electrons. The number of nitrogens with zero attached hydrogens (tertiary/aromatic N) is 1. The number of hydrogen-bond donors (Lipinski definition) is 0. The largest absolute Gasteiger partial charge is 0.406 e. The number of halogens is 4. The molecule has 0 unspecified atom stereocenters. The SMILES string of the molecule is CCCCN(CC(F)(F)F)C(=O)CCCCl. The third-order valence-corrected chi connectivity index (χ3v) is 2.30. The second-order valence-electron chi connectivity index (χ2n) is 3.58. The lowest BCUT2D eigenvalue weighted by Crippen LogP contribution is -2.39. The molecule has 0 aromatic heterocycles. The number of carbonyl (C=O) groups excluding carboxylic acids is 1. The first-order valence-corrected chi connectivity index (χ1v) is 5.84. The maximum atomic E-state index is 12.2. The maximum Gasteiger partial charge on any atom is 0.406 e. The van der Waals surface area contributed by atoms with Crippen LogP contribution in [0, 0.1) is 0 Å². The normalized spacial score (nSPS) is 11.6. The number of hydrogen-bond acceptors (Lipinski definition) is 1. The number of rotatable bonds is 7. The molecular weight excluding hydrogens is 243 g/mol. The minimum absolute atomic E-state index is 0.0866. The first kappa shape index (κ1) is 15.6. The van der Waals surface area contributed by atoms with Crippen molar-refractivity contribution in [2.45, 2.75) is 38.8 Å². The van der Waals surface area contributed by atoms with Crippen molar-refractivity contribution in [3.05, 3.63) is 0 Å². The number of unbranched alkanes of at least 4 members (excludes halogenated alkanes) is 1. The molecule has 0 N–H and O–H groups in total. The van der Waals surface area contributed by atoms with Crippen LogP contribution in [0.4, 0.5) is 13.2 Å². The van der Waals surface area contributed by atoms with E-state index in [9.17, 15) is 18.0 Å². The average molecular weight is 260 g/mol. The van der Waals surface area contributed by atoms with Crippen molar-refractivity contribution < 1.29 is 18.0 Å². The average Bonchev–Trinajstić information content (AvgIpc) is 2.19. The summed E-state index contributed by atoms with van der Waals surface area (Å²) in [6.45, 7) is 0.875. The van der Waals surface area contributed by atoms with Crippen LogP contribution in [0.1, 0.15) is 32.6 Å². The Balaban J connectivity index is 4.23. The molecule has 16 heavy (non-hydrogen) atoms. The van der Waals surface area contributed by atoms with E-state index in [2.05, 4.69) is 0 Å². The van der Waals surface area contributed by atoms with Gasteiger partial charge in [0.25, 0.3) is 0 Å². The second kappa shape index (κ2) is 7.76. The molecular formula is C10H17ClF3NO. The molecule has 0 saturated heterocycles. The Hall–Kier alpha value is -0.450. The zero-order valence-electron chi connectivity index (χ0n) is 9.32. The van der Waals surface area contributed by atoms with E-state index >= 15 is 0 Å². The van der Waals surface area contributed by atoms with Crippen molar-refractivity contribution in [3.63, 3.8) is 0 Å². The van der Waals surface area contributed by atoms with Gasteiger partial charge in [0.2, 0.25) is 5.91 Å². The number of amides is 1. The summed E-state index contributed by atoms with van der Waals surface area (Å²) < 4.78 is 36.6. The molecule has 0 aromatic rings. The summed E-state index contributed by atoms with van der Waals surface area (Å²) in [5, 5.41) is 0. The van der Waals surface area contributed by atoms with Crippen LogP contribution in [0.5, 0.6) is 0 Å². The van der Waals surface area contributed by atoms with Crippen LogP contribution in [-0.4, -0.2) is 36.0 Å². The Morgan fingerprint density at radius 2 is 1.94 bits per heavy atom. The molecule has 0 fully saturated rings. The van der Waals surface area contributed by atoms with Gasteiger partial charge in [0.05, 0.1) is 0 Å². The highest BCUT2D eigenvalue weighted by Crippen LogP contribution is 2.17. The van der Waals surface area contributed by atoms with E-state index < -0.39 is 18.6 Å². The first-order valence-electron chi connectivity index (χ1n) is 5.31. The molecule has 0 aliphatic rings. The Bertz CT molecular complexity index is 209. The molecule has 0 rings (SSSR count). The predicted octanol–water partition coefficient (Wildman–Crippen LogP) is 3.20. The van der Waals surface area contributed by atoms with E-state index in [4.69, 9.17) is 11.6 Å². The lowest BCUT2D eigenvalue weighted by atomic mass is 10.2. The van der Waals surface area contributed by atoms with Gasteiger partial charge in [-0.15, -0.1) is 11.6 Å². The van der Waals surface area contributed by atoms with Gasteiger partial charge in [-0.05, 0) is 12.8 Å². The zero-order chi connectivity index (χ0) is 12.6. The van der Waals surface area contributed by atoms with Crippen molar-refractivity contribution in [3.8, 4) is 0 Å². The van der Waals surface area contributed by atoms with Crippen LogP contribution in [0.2, 0.25) is 0 Å². The van der Waals surface area contributed by atoms with Gasteiger partial charge in [-0.1, -0.05) is 13.3 Å². The Morgan fingerprint density at radius 3 is 2.38 bits per heavy atom. The Morgan fingerprint density at radius 1 is 1.31 bits per heavy atom. The van der Waals surface area contributed by atoms with Gasteiger partial charge in [-0.2, -0.15) is 13.2 Å². The van der Waals surface area contributed by atoms with E-state index in [1.807, 2.05) is 6.92 Å². The summed E-state index contributed by atoms with van der Waals surface area (Å²) >= 11 is 5.39. The third-order valence-electron chi connectivity index (χ3n) is 2.03. The summed E-state index contributed by atoms with van der Waals surface area (Å²) in [5.74, 6) is -0.175. The highest BCUT2D eigenvalue weighted by atomic mass is 35.5. The fourth-order valence-corrected chi connectivity index (χ4v) is 1.37. The summed E-state index contributed by atoms with van der Waals surface area (Å²) in [6.07, 6.45) is -2.48. The van der Waals surface area contributed by atoms with Crippen molar-refractivity contribution >= 4 is 17.5 Å². The molecule has 0 spiro atoms. The quantitative estimate of drug-likeness (QED) is 0.643. The van der Waals surface area contributed by atoms with Gasteiger partial charge in [-0.3, -0.25) is 4.79 Å². The van der Waals surface area contributed by atoms with Gasteiger partial charge >= 0.3 is 6.18 Å². The smallest absolute Gasteiger partial charge is 0.334 e. The van der Waals surface area contributed by atoms with E-state index in [0.29, 0.717) is 18.7 Å². The topological polar surface area (TPSA) is 20.3 Å². The highest BCUT2D eigenvalue weighted by molar-refractivity contribution is 6.17. The molecule has 0 atom stereocenters. The summed E-state index contributed by atoms with van der Waals surface area (Å²) in [6, 6.07) is 0. The van der Waals surface area contributed by atoms with Crippen LogP contribution in [-0.2, 0) is 4.79 Å². The standard InChI is InChI=1S/C10H17ClF3NO/c1-2-3-7-15(8-10(12,13)14)9(16)5-4-6-11/h2-8H2,1H3. The lowest BCUT2D eigenvalue weighted by molar-refractivity contribution is -0.161. The monoisotopic (exact) mass is 259 g/mol. The van der Waals surface area contributed by atoms with Crippen LogP contribution in [0.25, 0.3) is 0 Å². The highest BCUT2D eigenvalue weighted by Gasteiger charge is 2.32. The molecule has 0 heterocycles. The molecule has 0 saturated carbocycles.